The van der Waals surface area contributed by atoms with Gasteiger partial charge >= 0.3 is 6.03 Å². The molecule has 0 saturated carbocycles. The third-order valence-corrected chi connectivity index (χ3v) is 5.03. The molecule has 7 nitrogen and oxygen atoms in total. The van der Waals surface area contributed by atoms with E-state index >= 15 is 0 Å². The zero-order chi connectivity index (χ0) is 17.1. The molecule has 2 fully saturated rings. The average Bonchev–Trinajstić information content (AvgIpc) is 3.31. The van der Waals surface area contributed by atoms with Crippen LogP contribution in [0.25, 0.3) is 0 Å². The van der Waals surface area contributed by atoms with Crippen molar-refractivity contribution >= 4 is 6.03 Å². The Hall–Kier alpha value is -1.99. The van der Waals surface area contributed by atoms with Crippen molar-refractivity contribution < 1.29 is 19.0 Å². The van der Waals surface area contributed by atoms with Crippen LogP contribution < -0.4 is 14.8 Å². The number of carbonyl (C=O) groups excluding carboxylic acids is 1. The molecule has 7 heteroatoms. The van der Waals surface area contributed by atoms with Crippen LogP contribution >= 0.6 is 0 Å². The molecule has 1 N–H and O–H groups in total. The minimum Gasteiger partial charge on any atom is -0.454 e. The van der Waals surface area contributed by atoms with Gasteiger partial charge in [0.25, 0.3) is 0 Å². The van der Waals surface area contributed by atoms with Gasteiger partial charge in [-0.2, -0.15) is 0 Å². The van der Waals surface area contributed by atoms with E-state index in [0.29, 0.717) is 12.6 Å². The van der Waals surface area contributed by atoms with Crippen LogP contribution in [0, 0.1) is 0 Å². The molecular weight excluding hydrogens is 322 g/mol. The molecule has 25 heavy (non-hydrogen) atoms. The zero-order valence-electron chi connectivity index (χ0n) is 14.4. The summed E-state index contributed by atoms with van der Waals surface area (Å²) in [6, 6.07) is 5.75. The van der Waals surface area contributed by atoms with Crippen molar-refractivity contribution in [1.29, 1.82) is 0 Å². The maximum atomic E-state index is 12.4. The summed E-state index contributed by atoms with van der Waals surface area (Å²) in [4.78, 5) is 16.7. The molecule has 1 aromatic rings. The van der Waals surface area contributed by atoms with Crippen LogP contribution in [0.4, 0.5) is 4.79 Å². The second-order valence-electron chi connectivity index (χ2n) is 6.77. The molecule has 1 aromatic carbocycles. The molecule has 136 valence electrons. The number of amides is 2. The fraction of sp³-hybridized carbons (Fsp3) is 0.611. The third kappa shape index (κ3) is 3.99. The van der Waals surface area contributed by atoms with Crippen LogP contribution in [0.5, 0.6) is 11.5 Å². The molecular formula is C18H25N3O4. The fourth-order valence-electron chi connectivity index (χ4n) is 3.55. The van der Waals surface area contributed by atoms with Gasteiger partial charge < -0.3 is 24.4 Å². The van der Waals surface area contributed by atoms with E-state index in [2.05, 4.69) is 10.2 Å². The second kappa shape index (κ2) is 7.49. The van der Waals surface area contributed by atoms with Crippen molar-refractivity contribution in [2.45, 2.75) is 25.5 Å². The zero-order valence-corrected chi connectivity index (χ0v) is 14.4. The van der Waals surface area contributed by atoms with E-state index in [-0.39, 0.29) is 12.8 Å². The van der Waals surface area contributed by atoms with Gasteiger partial charge in [0.15, 0.2) is 11.5 Å². The minimum atomic E-state index is -0.00515. The molecule has 1 atom stereocenters. The summed E-state index contributed by atoms with van der Waals surface area (Å²) >= 11 is 0. The number of rotatable bonds is 4. The molecule has 0 unspecified atom stereocenters. The Bertz CT molecular complexity index is 610. The van der Waals surface area contributed by atoms with Crippen molar-refractivity contribution in [1.82, 2.24) is 15.1 Å². The predicted octanol–water partition coefficient (Wildman–Crippen LogP) is 1.42. The Balaban J connectivity index is 1.21. The Kier molecular flexibility index (Phi) is 4.94. The lowest BCUT2D eigenvalue weighted by Crippen LogP contribution is -2.52. The molecule has 3 heterocycles. The SMILES string of the molecule is O=C(NCc1ccc2c(c1)OCO2)N1CCN(C[C@H]2CCCO2)CC1. The highest BCUT2D eigenvalue weighted by Crippen LogP contribution is 2.32. The summed E-state index contributed by atoms with van der Waals surface area (Å²) < 4.78 is 16.4. The Morgan fingerprint density at radius 3 is 2.80 bits per heavy atom. The van der Waals surface area contributed by atoms with Crippen molar-refractivity contribution in [2.75, 3.05) is 46.1 Å². The monoisotopic (exact) mass is 347 g/mol. The molecule has 0 aliphatic carbocycles. The Morgan fingerprint density at radius 1 is 1.16 bits per heavy atom. The first-order valence-electron chi connectivity index (χ1n) is 9.03. The first kappa shape index (κ1) is 16.5. The molecule has 2 amide bonds. The van der Waals surface area contributed by atoms with Gasteiger partial charge in [0.05, 0.1) is 6.10 Å². The highest BCUT2D eigenvalue weighted by atomic mass is 16.7. The maximum absolute atomic E-state index is 12.4. The van der Waals surface area contributed by atoms with Crippen LogP contribution in [0.15, 0.2) is 18.2 Å². The summed E-state index contributed by atoms with van der Waals surface area (Å²) in [5, 5.41) is 3.00. The van der Waals surface area contributed by atoms with Gasteiger partial charge in [0.2, 0.25) is 6.79 Å². The lowest BCUT2D eigenvalue weighted by molar-refractivity contribution is 0.0561. The highest BCUT2D eigenvalue weighted by Gasteiger charge is 2.24. The first-order chi connectivity index (χ1) is 12.3. The number of hydrogen-bond donors (Lipinski definition) is 1. The molecule has 3 aliphatic rings. The largest absolute Gasteiger partial charge is 0.454 e. The smallest absolute Gasteiger partial charge is 0.317 e. The van der Waals surface area contributed by atoms with E-state index in [1.54, 1.807) is 0 Å². The maximum Gasteiger partial charge on any atom is 0.317 e. The molecule has 0 radical (unpaired) electrons. The predicted molar refractivity (Wildman–Crippen MR) is 91.8 cm³/mol. The number of ether oxygens (including phenoxy) is 3. The molecule has 3 aliphatic heterocycles. The summed E-state index contributed by atoms with van der Waals surface area (Å²) in [5.74, 6) is 1.51. The number of benzene rings is 1. The molecule has 4 rings (SSSR count). The number of hydrogen-bond acceptors (Lipinski definition) is 5. The van der Waals surface area contributed by atoms with Gasteiger partial charge in [-0.05, 0) is 30.5 Å². The van der Waals surface area contributed by atoms with E-state index in [4.69, 9.17) is 14.2 Å². The molecule has 0 bridgehead atoms. The second-order valence-corrected chi connectivity index (χ2v) is 6.77. The first-order valence-corrected chi connectivity index (χ1v) is 9.03. The molecule has 0 spiro atoms. The number of carbonyl (C=O) groups is 1. The summed E-state index contributed by atoms with van der Waals surface area (Å²) in [6.07, 6.45) is 2.72. The summed E-state index contributed by atoms with van der Waals surface area (Å²) in [7, 11) is 0. The number of urea groups is 1. The molecule has 0 aromatic heterocycles. The van der Waals surface area contributed by atoms with E-state index < -0.39 is 0 Å². The van der Waals surface area contributed by atoms with Gasteiger partial charge in [0.1, 0.15) is 0 Å². The topological polar surface area (TPSA) is 63.3 Å². The number of nitrogens with one attached hydrogen (secondary N) is 1. The van der Waals surface area contributed by atoms with E-state index in [9.17, 15) is 4.79 Å². The summed E-state index contributed by atoms with van der Waals surface area (Å²) in [5.41, 5.74) is 1.01. The van der Waals surface area contributed by atoms with Crippen LogP contribution in [-0.2, 0) is 11.3 Å². The van der Waals surface area contributed by atoms with E-state index in [0.717, 1.165) is 62.8 Å². The lowest BCUT2D eigenvalue weighted by atomic mass is 10.2. The van der Waals surface area contributed by atoms with Gasteiger partial charge in [-0.15, -0.1) is 0 Å². The molecule has 2 saturated heterocycles. The van der Waals surface area contributed by atoms with Crippen LogP contribution in [0.1, 0.15) is 18.4 Å². The number of nitrogens with zero attached hydrogens (tertiary/aromatic N) is 2. The van der Waals surface area contributed by atoms with Crippen molar-refractivity contribution in [2.24, 2.45) is 0 Å². The quantitative estimate of drug-likeness (QED) is 0.893. The highest BCUT2D eigenvalue weighted by molar-refractivity contribution is 5.74. The van der Waals surface area contributed by atoms with E-state index in [1.807, 2.05) is 23.1 Å². The number of fused-ring (bicyclic) bond motifs is 1. The van der Waals surface area contributed by atoms with Crippen LogP contribution in [0.2, 0.25) is 0 Å². The van der Waals surface area contributed by atoms with Crippen molar-refractivity contribution in [3.8, 4) is 11.5 Å². The van der Waals surface area contributed by atoms with Crippen LogP contribution in [-0.4, -0.2) is 68.1 Å². The van der Waals surface area contributed by atoms with Crippen molar-refractivity contribution in [3.63, 3.8) is 0 Å². The third-order valence-electron chi connectivity index (χ3n) is 5.03. The fourth-order valence-corrected chi connectivity index (χ4v) is 3.55. The average molecular weight is 347 g/mol. The van der Waals surface area contributed by atoms with Crippen molar-refractivity contribution in [3.05, 3.63) is 23.8 Å². The number of piperazine rings is 1. The normalized spacial score (nSPS) is 23.0. The Morgan fingerprint density at radius 2 is 2.00 bits per heavy atom. The standard InChI is InChI=1S/C18H25N3O4/c22-18(19-11-14-3-4-16-17(10-14)25-13-24-16)21-7-5-20(6-8-21)12-15-2-1-9-23-15/h3-4,10,15H,1-2,5-9,11-13H2,(H,19,22)/t15-/m1/s1. The van der Waals surface area contributed by atoms with Gasteiger partial charge in [-0.3, -0.25) is 4.90 Å². The van der Waals surface area contributed by atoms with Gasteiger partial charge in [0, 0.05) is 45.9 Å². The van der Waals surface area contributed by atoms with Gasteiger partial charge in [-0.1, -0.05) is 6.07 Å². The summed E-state index contributed by atoms with van der Waals surface area (Å²) in [6.45, 7) is 6.00. The lowest BCUT2D eigenvalue weighted by Gasteiger charge is -2.35. The van der Waals surface area contributed by atoms with Gasteiger partial charge in [-0.25, -0.2) is 4.79 Å². The van der Waals surface area contributed by atoms with Crippen LogP contribution in [0.3, 0.4) is 0 Å². The Labute approximate surface area is 147 Å². The van der Waals surface area contributed by atoms with E-state index in [1.165, 1.54) is 6.42 Å². The minimum absolute atomic E-state index is 0.00515.